The lowest BCUT2D eigenvalue weighted by atomic mass is 10.1. The van der Waals surface area contributed by atoms with Crippen molar-refractivity contribution in [3.05, 3.63) is 29.8 Å². The Hall–Kier alpha value is -1.62. The van der Waals surface area contributed by atoms with Gasteiger partial charge in [-0.15, -0.1) is 11.8 Å². The molecule has 0 saturated carbocycles. The zero-order chi connectivity index (χ0) is 15.0. The number of amides is 1. The number of carbonyl (C=O) groups excluding carboxylic acids is 1. The van der Waals surface area contributed by atoms with Crippen LogP contribution in [0.1, 0.15) is 26.3 Å². The molecule has 1 amide bonds. The third-order valence-electron chi connectivity index (χ3n) is 3.37. The van der Waals surface area contributed by atoms with Crippen LogP contribution >= 0.6 is 11.8 Å². The van der Waals surface area contributed by atoms with Crippen LogP contribution in [0.5, 0.6) is 0 Å². The Bertz CT molecular complexity index is 672. The molecule has 0 radical (unpaired) electrons. The second-order valence-electron chi connectivity index (χ2n) is 6.34. The Morgan fingerprint density at radius 1 is 1.38 bits per heavy atom. The molecule has 0 aliphatic carbocycles. The van der Waals surface area contributed by atoms with E-state index >= 15 is 0 Å². The molecule has 0 saturated heterocycles. The Morgan fingerprint density at radius 3 is 2.90 bits per heavy atom. The monoisotopic (exact) mass is 304 g/mol. The van der Waals surface area contributed by atoms with Crippen molar-refractivity contribution in [2.45, 2.75) is 43.9 Å². The molecule has 1 aromatic heterocycles. The van der Waals surface area contributed by atoms with Crippen LogP contribution in [0.2, 0.25) is 0 Å². The molecule has 21 heavy (non-hydrogen) atoms. The van der Waals surface area contributed by atoms with Crippen LogP contribution in [0.15, 0.2) is 29.3 Å². The summed E-state index contributed by atoms with van der Waals surface area (Å²) < 4.78 is 5.33. The van der Waals surface area contributed by atoms with Crippen molar-refractivity contribution in [3.63, 3.8) is 0 Å². The minimum atomic E-state index is -0.460. The largest absolute Gasteiger partial charge is 0.444 e. The molecule has 2 heterocycles. The number of ether oxygens (including phenoxy) is 1. The fraction of sp³-hybridized carbons (Fsp3) is 0.438. The summed E-state index contributed by atoms with van der Waals surface area (Å²) in [5.41, 5.74) is 1.99. The summed E-state index contributed by atoms with van der Waals surface area (Å²) in [5.74, 6) is 0.860. The van der Waals surface area contributed by atoms with E-state index in [0.717, 1.165) is 17.7 Å². The highest BCUT2D eigenvalue weighted by Gasteiger charge is 2.26. The van der Waals surface area contributed by atoms with Gasteiger partial charge in [0.1, 0.15) is 5.60 Å². The number of aromatic nitrogens is 1. The molecule has 0 spiro atoms. The number of H-pyrrole nitrogens is 1. The maximum absolute atomic E-state index is 11.9. The van der Waals surface area contributed by atoms with Gasteiger partial charge in [-0.3, -0.25) is 0 Å². The number of nitrogens with one attached hydrogen (secondary N) is 2. The van der Waals surface area contributed by atoms with Gasteiger partial charge in [-0.05, 0) is 38.8 Å². The van der Waals surface area contributed by atoms with Crippen molar-refractivity contribution in [2.24, 2.45) is 0 Å². The molecule has 0 unspecified atom stereocenters. The van der Waals surface area contributed by atoms with E-state index in [2.05, 4.69) is 22.4 Å². The first-order valence-electron chi connectivity index (χ1n) is 7.14. The van der Waals surface area contributed by atoms with E-state index in [4.69, 9.17) is 4.74 Å². The van der Waals surface area contributed by atoms with E-state index in [1.54, 1.807) is 11.8 Å². The standard InChI is InChI=1S/C16H20N2O2S/c1-16(2,3)20-15(19)17-10-8-12-11-6-4-5-7-13(11)18-14(12)21-9-10/h4-7,10,18H,8-9H2,1-3H3,(H,17,19)/t10-/m0/s1. The minimum Gasteiger partial charge on any atom is -0.444 e. The number of alkyl carbamates (subject to hydrolysis) is 1. The van der Waals surface area contributed by atoms with Gasteiger partial charge in [0, 0.05) is 22.7 Å². The van der Waals surface area contributed by atoms with E-state index in [9.17, 15) is 4.79 Å². The number of para-hydroxylation sites is 1. The van der Waals surface area contributed by atoms with Crippen molar-refractivity contribution in [1.82, 2.24) is 10.3 Å². The number of benzene rings is 1. The van der Waals surface area contributed by atoms with Crippen LogP contribution in [0.25, 0.3) is 10.9 Å². The first-order chi connectivity index (χ1) is 9.92. The lowest BCUT2D eigenvalue weighted by molar-refractivity contribution is 0.0509. The van der Waals surface area contributed by atoms with Gasteiger partial charge in [0.05, 0.1) is 5.03 Å². The number of hydrogen-bond acceptors (Lipinski definition) is 3. The molecule has 1 atom stereocenters. The summed E-state index contributed by atoms with van der Waals surface area (Å²) in [4.78, 5) is 15.3. The summed E-state index contributed by atoms with van der Waals surface area (Å²) >= 11 is 1.76. The lowest BCUT2D eigenvalue weighted by Crippen LogP contribution is -2.42. The summed E-state index contributed by atoms with van der Waals surface area (Å²) in [6, 6.07) is 8.40. The lowest BCUT2D eigenvalue weighted by Gasteiger charge is -2.25. The van der Waals surface area contributed by atoms with Crippen molar-refractivity contribution in [3.8, 4) is 0 Å². The molecule has 0 bridgehead atoms. The third-order valence-corrected chi connectivity index (χ3v) is 4.58. The number of aromatic amines is 1. The SMILES string of the molecule is CC(C)(C)OC(=O)N[C@@H]1CSc2[nH]c3ccccc3c2C1. The second-order valence-corrected chi connectivity index (χ2v) is 7.37. The van der Waals surface area contributed by atoms with Crippen LogP contribution in [-0.4, -0.2) is 28.5 Å². The van der Waals surface area contributed by atoms with Gasteiger partial charge in [0.25, 0.3) is 0 Å². The molecule has 2 aromatic rings. The molecule has 1 aromatic carbocycles. The molecule has 3 rings (SSSR count). The Labute approximate surface area is 128 Å². The van der Waals surface area contributed by atoms with Crippen molar-refractivity contribution >= 4 is 28.8 Å². The molecular formula is C16H20N2O2S. The summed E-state index contributed by atoms with van der Waals surface area (Å²) in [5, 5.41) is 5.44. The van der Waals surface area contributed by atoms with Crippen molar-refractivity contribution < 1.29 is 9.53 Å². The third kappa shape index (κ3) is 3.18. The van der Waals surface area contributed by atoms with Crippen LogP contribution in [-0.2, 0) is 11.2 Å². The molecule has 0 fully saturated rings. The smallest absolute Gasteiger partial charge is 0.407 e. The van der Waals surface area contributed by atoms with Gasteiger partial charge in [0.15, 0.2) is 0 Å². The predicted molar refractivity (Wildman–Crippen MR) is 85.9 cm³/mol. The van der Waals surface area contributed by atoms with Crippen LogP contribution < -0.4 is 5.32 Å². The number of carbonyl (C=O) groups is 1. The predicted octanol–water partition coefficient (Wildman–Crippen LogP) is 3.71. The summed E-state index contributed by atoms with van der Waals surface area (Å²) in [6.45, 7) is 5.62. The molecule has 5 heteroatoms. The average molecular weight is 304 g/mol. The highest BCUT2D eigenvalue weighted by Crippen LogP contribution is 2.35. The maximum atomic E-state index is 11.9. The summed E-state index contributed by atoms with van der Waals surface area (Å²) in [6.07, 6.45) is 0.502. The molecular weight excluding hydrogens is 284 g/mol. The highest BCUT2D eigenvalue weighted by molar-refractivity contribution is 7.99. The first kappa shape index (κ1) is 14.3. The van der Waals surface area contributed by atoms with Gasteiger partial charge in [-0.2, -0.15) is 0 Å². The number of fused-ring (bicyclic) bond motifs is 3. The molecule has 1 aliphatic heterocycles. The van der Waals surface area contributed by atoms with E-state index in [1.165, 1.54) is 16.0 Å². The molecule has 4 nitrogen and oxygen atoms in total. The van der Waals surface area contributed by atoms with E-state index in [0.29, 0.717) is 0 Å². The van der Waals surface area contributed by atoms with Gasteiger partial charge in [0.2, 0.25) is 0 Å². The van der Waals surface area contributed by atoms with Crippen molar-refractivity contribution in [1.29, 1.82) is 0 Å². The van der Waals surface area contributed by atoms with Crippen LogP contribution in [0, 0.1) is 0 Å². The minimum absolute atomic E-state index is 0.108. The Morgan fingerprint density at radius 2 is 2.14 bits per heavy atom. The number of hydrogen-bond donors (Lipinski definition) is 2. The Balaban J connectivity index is 1.74. The van der Waals surface area contributed by atoms with E-state index < -0.39 is 5.60 Å². The molecule has 2 N–H and O–H groups in total. The quantitative estimate of drug-likeness (QED) is 0.844. The topological polar surface area (TPSA) is 54.1 Å². The fourth-order valence-corrected chi connectivity index (χ4v) is 3.68. The van der Waals surface area contributed by atoms with Gasteiger partial charge < -0.3 is 15.0 Å². The average Bonchev–Trinajstić information content (AvgIpc) is 2.74. The maximum Gasteiger partial charge on any atom is 0.407 e. The highest BCUT2D eigenvalue weighted by atomic mass is 32.2. The normalized spacial score (nSPS) is 18.3. The first-order valence-corrected chi connectivity index (χ1v) is 8.13. The van der Waals surface area contributed by atoms with Gasteiger partial charge >= 0.3 is 6.09 Å². The van der Waals surface area contributed by atoms with E-state index in [-0.39, 0.29) is 12.1 Å². The second kappa shape index (κ2) is 5.30. The molecule has 112 valence electrons. The van der Waals surface area contributed by atoms with Crippen LogP contribution in [0.4, 0.5) is 4.79 Å². The van der Waals surface area contributed by atoms with Crippen molar-refractivity contribution in [2.75, 3.05) is 5.75 Å². The number of rotatable bonds is 1. The fourth-order valence-electron chi connectivity index (χ4n) is 2.56. The van der Waals surface area contributed by atoms with Gasteiger partial charge in [-0.1, -0.05) is 18.2 Å². The number of thioether (sulfide) groups is 1. The Kier molecular flexibility index (Phi) is 3.61. The zero-order valence-electron chi connectivity index (χ0n) is 12.5. The molecule has 1 aliphatic rings. The zero-order valence-corrected chi connectivity index (χ0v) is 13.3. The summed E-state index contributed by atoms with van der Waals surface area (Å²) in [7, 11) is 0. The van der Waals surface area contributed by atoms with Gasteiger partial charge in [-0.25, -0.2) is 4.79 Å². The van der Waals surface area contributed by atoms with Crippen LogP contribution in [0.3, 0.4) is 0 Å². The van der Waals surface area contributed by atoms with E-state index in [1.807, 2.05) is 32.9 Å².